The number of allylic oxidation sites excluding steroid dienone is 2. The number of piperidine rings is 1. The van der Waals surface area contributed by atoms with Gasteiger partial charge in [0.25, 0.3) is 0 Å². The first-order valence-electron chi connectivity index (χ1n) is 7.09. The average molecular weight is 248 g/mol. The van der Waals surface area contributed by atoms with Crippen LogP contribution < -0.4 is 5.73 Å². The summed E-state index contributed by atoms with van der Waals surface area (Å²) in [5.41, 5.74) is 6.12. The number of hydrogen-bond donors (Lipinski definition) is 2. The SMILES string of the molecule is CC1(N2C3CCC2CC(N)(CO)C3)C=CC=CC1. The van der Waals surface area contributed by atoms with Crippen molar-refractivity contribution in [1.82, 2.24) is 4.90 Å². The van der Waals surface area contributed by atoms with Crippen molar-refractivity contribution in [3.63, 3.8) is 0 Å². The van der Waals surface area contributed by atoms with Gasteiger partial charge in [0.2, 0.25) is 0 Å². The Kier molecular flexibility index (Phi) is 2.88. The number of nitrogens with zero attached hydrogens (tertiary/aromatic N) is 1. The number of rotatable bonds is 2. The minimum atomic E-state index is -0.340. The molecule has 3 rings (SSSR count). The van der Waals surface area contributed by atoms with Crippen molar-refractivity contribution < 1.29 is 5.11 Å². The van der Waals surface area contributed by atoms with Crippen LogP contribution in [0.15, 0.2) is 24.3 Å². The van der Waals surface area contributed by atoms with Crippen LogP contribution in [0.2, 0.25) is 0 Å². The van der Waals surface area contributed by atoms with Gasteiger partial charge in [-0.15, -0.1) is 0 Å². The average Bonchev–Trinajstić information content (AvgIpc) is 2.65. The Morgan fingerprint density at radius 1 is 1.28 bits per heavy atom. The summed E-state index contributed by atoms with van der Waals surface area (Å²) >= 11 is 0. The van der Waals surface area contributed by atoms with Crippen molar-refractivity contribution in [3.8, 4) is 0 Å². The van der Waals surface area contributed by atoms with Crippen LogP contribution in [0.3, 0.4) is 0 Å². The maximum atomic E-state index is 9.51. The summed E-state index contributed by atoms with van der Waals surface area (Å²) in [6.45, 7) is 2.46. The highest BCUT2D eigenvalue weighted by atomic mass is 16.3. The topological polar surface area (TPSA) is 49.5 Å². The van der Waals surface area contributed by atoms with Gasteiger partial charge < -0.3 is 10.8 Å². The molecule has 2 bridgehead atoms. The number of nitrogens with two attached hydrogens (primary N) is 1. The largest absolute Gasteiger partial charge is 0.394 e. The van der Waals surface area contributed by atoms with Crippen molar-refractivity contribution in [2.45, 2.75) is 62.2 Å². The van der Waals surface area contributed by atoms with Gasteiger partial charge in [0, 0.05) is 23.2 Å². The molecule has 2 aliphatic heterocycles. The van der Waals surface area contributed by atoms with Gasteiger partial charge in [-0.1, -0.05) is 24.3 Å². The van der Waals surface area contributed by atoms with Crippen LogP contribution in [-0.2, 0) is 0 Å². The summed E-state index contributed by atoms with van der Waals surface area (Å²) in [7, 11) is 0. The molecule has 3 unspecified atom stereocenters. The molecule has 0 aromatic heterocycles. The molecular weight excluding hydrogens is 224 g/mol. The van der Waals surface area contributed by atoms with Gasteiger partial charge in [-0.3, -0.25) is 4.90 Å². The van der Waals surface area contributed by atoms with Gasteiger partial charge in [-0.25, -0.2) is 0 Å². The van der Waals surface area contributed by atoms with Gasteiger partial charge in [0.05, 0.1) is 6.61 Å². The molecule has 2 saturated heterocycles. The van der Waals surface area contributed by atoms with Crippen LogP contribution in [0, 0.1) is 0 Å². The lowest BCUT2D eigenvalue weighted by molar-refractivity contribution is 0.00266. The third kappa shape index (κ3) is 1.85. The van der Waals surface area contributed by atoms with E-state index in [0.29, 0.717) is 12.1 Å². The molecular formula is C15H24N2O. The van der Waals surface area contributed by atoms with E-state index in [-0.39, 0.29) is 17.7 Å². The maximum Gasteiger partial charge on any atom is 0.0612 e. The highest BCUT2D eigenvalue weighted by Gasteiger charge is 2.51. The summed E-state index contributed by atoms with van der Waals surface area (Å²) in [4.78, 5) is 2.67. The lowest BCUT2D eigenvalue weighted by atomic mass is 9.79. The van der Waals surface area contributed by atoms with E-state index in [2.05, 4.69) is 36.1 Å². The molecule has 2 fully saturated rings. The fourth-order valence-corrected chi connectivity index (χ4v) is 4.25. The zero-order valence-corrected chi connectivity index (χ0v) is 11.2. The molecule has 3 N–H and O–H groups in total. The van der Waals surface area contributed by atoms with E-state index in [9.17, 15) is 5.11 Å². The molecule has 18 heavy (non-hydrogen) atoms. The standard InChI is InChI=1S/C15H24N2O/c1-14(7-3-2-4-8-14)17-12-5-6-13(17)10-15(16,9-12)11-18/h2-4,7,12-13,18H,5-6,8-11,16H2,1H3. The molecule has 3 heteroatoms. The highest BCUT2D eigenvalue weighted by Crippen LogP contribution is 2.45. The van der Waals surface area contributed by atoms with E-state index in [1.165, 1.54) is 12.8 Å². The first-order valence-corrected chi connectivity index (χ1v) is 7.09. The van der Waals surface area contributed by atoms with Gasteiger partial charge in [-0.2, -0.15) is 0 Å². The Balaban J connectivity index is 1.84. The Bertz CT molecular complexity index is 376. The zero-order valence-electron chi connectivity index (χ0n) is 11.2. The van der Waals surface area contributed by atoms with Crippen LogP contribution >= 0.6 is 0 Å². The summed E-state index contributed by atoms with van der Waals surface area (Å²) in [5.74, 6) is 0. The van der Waals surface area contributed by atoms with Crippen LogP contribution in [0.1, 0.15) is 39.0 Å². The molecule has 3 atom stereocenters. The smallest absolute Gasteiger partial charge is 0.0612 e. The summed E-state index contributed by atoms with van der Waals surface area (Å²) in [5, 5.41) is 9.51. The lowest BCUT2D eigenvalue weighted by Crippen LogP contribution is -2.62. The number of hydrogen-bond acceptors (Lipinski definition) is 3. The first kappa shape index (κ1) is 12.4. The Labute approximate surface area is 109 Å². The van der Waals surface area contributed by atoms with Gasteiger partial charge in [0.15, 0.2) is 0 Å². The molecule has 1 aliphatic carbocycles. The highest BCUT2D eigenvalue weighted by molar-refractivity contribution is 5.23. The minimum absolute atomic E-state index is 0.125. The van der Waals surface area contributed by atoms with E-state index >= 15 is 0 Å². The Morgan fingerprint density at radius 3 is 2.44 bits per heavy atom. The second-order valence-corrected chi connectivity index (χ2v) is 6.57. The van der Waals surface area contributed by atoms with Crippen molar-refractivity contribution in [2.75, 3.05) is 6.61 Å². The van der Waals surface area contributed by atoms with Crippen LogP contribution in [0.4, 0.5) is 0 Å². The molecule has 2 heterocycles. The second-order valence-electron chi connectivity index (χ2n) is 6.57. The molecule has 0 radical (unpaired) electrons. The maximum absolute atomic E-state index is 9.51. The van der Waals surface area contributed by atoms with E-state index in [4.69, 9.17) is 5.73 Å². The number of aliphatic hydroxyl groups is 1. The normalized spacial score (nSPS) is 47.7. The van der Waals surface area contributed by atoms with Crippen molar-refractivity contribution in [3.05, 3.63) is 24.3 Å². The van der Waals surface area contributed by atoms with Crippen LogP contribution in [-0.4, -0.2) is 39.8 Å². The predicted molar refractivity (Wildman–Crippen MR) is 73.2 cm³/mol. The molecule has 0 aromatic carbocycles. The predicted octanol–water partition coefficient (Wildman–Crippen LogP) is 1.58. The first-order chi connectivity index (χ1) is 8.56. The molecule has 0 aromatic rings. The molecule has 0 saturated carbocycles. The fraction of sp³-hybridized carbons (Fsp3) is 0.733. The summed E-state index contributed by atoms with van der Waals surface area (Å²) < 4.78 is 0. The quantitative estimate of drug-likeness (QED) is 0.780. The third-order valence-corrected chi connectivity index (χ3v) is 5.04. The van der Waals surface area contributed by atoms with E-state index in [1.54, 1.807) is 0 Å². The van der Waals surface area contributed by atoms with Gasteiger partial charge in [-0.05, 0) is 39.0 Å². The molecule has 0 amide bonds. The van der Waals surface area contributed by atoms with Crippen molar-refractivity contribution in [2.24, 2.45) is 5.73 Å². The van der Waals surface area contributed by atoms with Crippen LogP contribution in [0.5, 0.6) is 0 Å². The number of fused-ring (bicyclic) bond motifs is 2. The zero-order chi connectivity index (χ0) is 12.8. The van der Waals surface area contributed by atoms with Gasteiger partial charge >= 0.3 is 0 Å². The van der Waals surface area contributed by atoms with E-state index in [0.717, 1.165) is 19.3 Å². The lowest BCUT2D eigenvalue weighted by Gasteiger charge is -2.51. The monoisotopic (exact) mass is 248 g/mol. The van der Waals surface area contributed by atoms with E-state index in [1.807, 2.05) is 0 Å². The molecule has 3 nitrogen and oxygen atoms in total. The summed E-state index contributed by atoms with van der Waals surface area (Å²) in [6, 6.07) is 1.09. The van der Waals surface area contributed by atoms with Crippen molar-refractivity contribution in [1.29, 1.82) is 0 Å². The molecule has 0 spiro atoms. The minimum Gasteiger partial charge on any atom is -0.394 e. The summed E-state index contributed by atoms with van der Waals surface area (Å²) in [6.07, 6.45) is 14.3. The van der Waals surface area contributed by atoms with E-state index < -0.39 is 0 Å². The van der Waals surface area contributed by atoms with Crippen molar-refractivity contribution >= 4 is 0 Å². The molecule has 100 valence electrons. The third-order valence-electron chi connectivity index (χ3n) is 5.04. The van der Waals surface area contributed by atoms with Crippen LogP contribution in [0.25, 0.3) is 0 Å². The molecule has 3 aliphatic rings. The Morgan fingerprint density at radius 2 is 1.94 bits per heavy atom. The fourth-order valence-electron chi connectivity index (χ4n) is 4.25. The van der Waals surface area contributed by atoms with Gasteiger partial charge in [0.1, 0.15) is 0 Å². The Hall–Kier alpha value is -0.640. The second kappa shape index (κ2) is 4.19. The number of aliphatic hydroxyl groups excluding tert-OH is 1.